The van der Waals surface area contributed by atoms with Gasteiger partial charge < -0.3 is 10.6 Å². The molecule has 0 aromatic heterocycles. The molecule has 1 aliphatic rings. The van der Waals surface area contributed by atoms with E-state index in [0.717, 1.165) is 30.9 Å². The number of nitrogens with zero attached hydrogens (tertiary/aromatic N) is 1. The van der Waals surface area contributed by atoms with Crippen LogP contribution in [0, 0.1) is 11.8 Å². The fraction of sp³-hybridized carbons (Fsp3) is 0.929. The predicted molar refractivity (Wildman–Crippen MR) is 90.8 cm³/mol. The van der Waals surface area contributed by atoms with Crippen LogP contribution in [-0.4, -0.2) is 26.1 Å². The Labute approximate surface area is 130 Å². The highest BCUT2D eigenvalue weighted by Crippen LogP contribution is 2.33. The van der Waals surface area contributed by atoms with Gasteiger partial charge in [-0.25, -0.2) is 0 Å². The first-order valence-corrected chi connectivity index (χ1v) is 7.24. The van der Waals surface area contributed by atoms with Crippen molar-refractivity contribution in [3.8, 4) is 0 Å². The Morgan fingerprint density at radius 2 is 1.89 bits per heavy atom. The number of nitrogens with one attached hydrogen (secondary N) is 2. The van der Waals surface area contributed by atoms with Crippen LogP contribution >= 0.6 is 24.0 Å². The number of guanidine groups is 1. The molecular formula is C14H30IN3. The van der Waals surface area contributed by atoms with E-state index in [0.29, 0.717) is 0 Å². The fourth-order valence-electron chi connectivity index (χ4n) is 2.04. The van der Waals surface area contributed by atoms with Crippen LogP contribution in [0.4, 0.5) is 0 Å². The molecule has 18 heavy (non-hydrogen) atoms. The normalized spacial score (nSPS) is 15.4. The zero-order valence-electron chi connectivity index (χ0n) is 12.2. The largest absolute Gasteiger partial charge is 0.356 e. The summed E-state index contributed by atoms with van der Waals surface area (Å²) < 4.78 is 0. The number of aliphatic imine (C=N–C) groups is 1. The molecule has 3 nitrogen and oxygen atoms in total. The SMILES string of the molecule is CCC(CC)CNC(=NC)NCCCC1CC1.I. The van der Waals surface area contributed by atoms with Gasteiger partial charge in [0.25, 0.3) is 0 Å². The molecule has 1 fully saturated rings. The van der Waals surface area contributed by atoms with Crippen LogP contribution in [0.15, 0.2) is 4.99 Å². The molecule has 108 valence electrons. The molecule has 0 radical (unpaired) electrons. The highest BCUT2D eigenvalue weighted by molar-refractivity contribution is 14.0. The monoisotopic (exact) mass is 367 g/mol. The van der Waals surface area contributed by atoms with E-state index in [4.69, 9.17) is 0 Å². The fourth-order valence-corrected chi connectivity index (χ4v) is 2.04. The molecule has 0 unspecified atom stereocenters. The van der Waals surface area contributed by atoms with Crippen LogP contribution < -0.4 is 10.6 Å². The van der Waals surface area contributed by atoms with Gasteiger partial charge in [0, 0.05) is 20.1 Å². The van der Waals surface area contributed by atoms with Crippen LogP contribution in [0.3, 0.4) is 0 Å². The van der Waals surface area contributed by atoms with E-state index < -0.39 is 0 Å². The summed E-state index contributed by atoms with van der Waals surface area (Å²) in [6, 6.07) is 0. The molecule has 0 bridgehead atoms. The molecule has 0 aromatic rings. The van der Waals surface area contributed by atoms with Gasteiger partial charge in [0.2, 0.25) is 0 Å². The summed E-state index contributed by atoms with van der Waals surface area (Å²) in [7, 11) is 1.85. The minimum atomic E-state index is 0. The van der Waals surface area contributed by atoms with Crippen LogP contribution in [0.2, 0.25) is 0 Å². The van der Waals surface area contributed by atoms with E-state index in [2.05, 4.69) is 29.5 Å². The van der Waals surface area contributed by atoms with Gasteiger partial charge in [0.05, 0.1) is 0 Å². The highest BCUT2D eigenvalue weighted by atomic mass is 127. The Bertz CT molecular complexity index is 223. The lowest BCUT2D eigenvalue weighted by Crippen LogP contribution is -2.40. The Morgan fingerprint density at radius 1 is 1.22 bits per heavy atom. The van der Waals surface area contributed by atoms with Crippen molar-refractivity contribution in [3.05, 3.63) is 0 Å². The molecule has 0 atom stereocenters. The summed E-state index contributed by atoms with van der Waals surface area (Å²) in [5, 5.41) is 6.81. The summed E-state index contributed by atoms with van der Waals surface area (Å²) >= 11 is 0. The average Bonchev–Trinajstić information content (AvgIpc) is 3.17. The molecule has 0 heterocycles. The maximum absolute atomic E-state index is 4.26. The van der Waals surface area contributed by atoms with Gasteiger partial charge in [0.15, 0.2) is 5.96 Å². The van der Waals surface area contributed by atoms with Crippen LogP contribution in [0.1, 0.15) is 52.4 Å². The van der Waals surface area contributed by atoms with Gasteiger partial charge in [-0.1, -0.05) is 39.5 Å². The molecule has 1 aliphatic carbocycles. The van der Waals surface area contributed by atoms with E-state index in [-0.39, 0.29) is 24.0 Å². The zero-order chi connectivity index (χ0) is 12.5. The molecule has 0 aromatic carbocycles. The van der Waals surface area contributed by atoms with Crippen molar-refractivity contribution < 1.29 is 0 Å². The molecule has 0 amide bonds. The van der Waals surface area contributed by atoms with E-state index in [1.807, 2.05) is 7.05 Å². The highest BCUT2D eigenvalue weighted by Gasteiger charge is 2.19. The molecule has 0 saturated heterocycles. The number of rotatable bonds is 8. The standard InChI is InChI=1S/C14H29N3.HI/c1-4-12(5-2)11-17-14(15-3)16-10-6-7-13-8-9-13;/h12-13H,4-11H2,1-3H3,(H2,15,16,17);1H. The summed E-state index contributed by atoms with van der Waals surface area (Å²) in [4.78, 5) is 4.26. The van der Waals surface area contributed by atoms with Gasteiger partial charge in [-0.3, -0.25) is 4.99 Å². The maximum atomic E-state index is 4.26. The van der Waals surface area contributed by atoms with Crippen LogP contribution in [-0.2, 0) is 0 Å². The van der Waals surface area contributed by atoms with Crippen LogP contribution in [0.5, 0.6) is 0 Å². The molecule has 2 N–H and O–H groups in total. The minimum Gasteiger partial charge on any atom is -0.356 e. The maximum Gasteiger partial charge on any atom is 0.190 e. The summed E-state index contributed by atoms with van der Waals surface area (Å²) in [5.41, 5.74) is 0. The van der Waals surface area contributed by atoms with Gasteiger partial charge in [-0.15, -0.1) is 24.0 Å². The third kappa shape index (κ3) is 8.16. The number of hydrogen-bond acceptors (Lipinski definition) is 1. The quantitative estimate of drug-likeness (QED) is 0.299. The van der Waals surface area contributed by atoms with Crippen LogP contribution in [0.25, 0.3) is 0 Å². The third-order valence-corrected chi connectivity index (χ3v) is 3.72. The first-order valence-electron chi connectivity index (χ1n) is 7.24. The van der Waals surface area contributed by atoms with Crippen molar-refractivity contribution in [3.63, 3.8) is 0 Å². The lowest BCUT2D eigenvalue weighted by atomic mass is 10.0. The van der Waals surface area contributed by atoms with Crippen molar-refractivity contribution in [2.75, 3.05) is 20.1 Å². The first-order chi connectivity index (χ1) is 8.30. The number of halogens is 1. The van der Waals surface area contributed by atoms with E-state index in [1.165, 1.54) is 38.5 Å². The second kappa shape index (κ2) is 10.9. The predicted octanol–water partition coefficient (Wildman–Crippen LogP) is 3.40. The Balaban J connectivity index is 0.00000289. The molecule has 4 heteroatoms. The minimum absolute atomic E-state index is 0. The zero-order valence-corrected chi connectivity index (χ0v) is 14.5. The Kier molecular flexibility index (Phi) is 10.9. The molecule has 0 aliphatic heterocycles. The van der Waals surface area contributed by atoms with E-state index in [9.17, 15) is 0 Å². The topological polar surface area (TPSA) is 36.4 Å². The van der Waals surface area contributed by atoms with Crippen molar-refractivity contribution >= 4 is 29.9 Å². The second-order valence-electron chi connectivity index (χ2n) is 5.15. The van der Waals surface area contributed by atoms with Crippen molar-refractivity contribution in [2.45, 2.75) is 52.4 Å². The van der Waals surface area contributed by atoms with Gasteiger partial charge in [0.1, 0.15) is 0 Å². The smallest absolute Gasteiger partial charge is 0.190 e. The van der Waals surface area contributed by atoms with Gasteiger partial charge in [-0.05, 0) is 24.7 Å². The van der Waals surface area contributed by atoms with Crippen molar-refractivity contribution in [2.24, 2.45) is 16.8 Å². The average molecular weight is 367 g/mol. The molecule has 1 saturated carbocycles. The first kappa shape index (κ1) is 18.0. The molecule has 0 spiro atoms. The molecular weight excluding hydrogens is 337 g/mol. The lowest BCUT2D eigenvalue weighted by molar-refractivity contribution is 0.481. The summed E-state index contributed by atoms with van der Waals surface area (Å²) in [5.74, 6) is 2.77. The lowest BCUT2D eigenvalue weighted by Gasteiger charge is -2.16. The molecule has 1 rings (SSSR count). The van der Waals surface area contributed by atoms with Crippen molar-refractivity contribution in [1.29, 1.82) is 0 Å². The number of hydrogen-bond donors (Lipinski definition) is 2. The summed E-state index contributed by atoms with van der Waals surface area (Å²) in [6.07, 6.45) is 8.06. The van der Waals surface area contributed by atoms with Gasteiger partial charge >= 0.3 is 0 Å². The summed E-state index contributed by atoms with van der Waals surface area (Å²) in [6.45, 7) is 6.59. The Hall–Kier alpha value is 0. The van der Waals surface area contributed by atoms with Crippen molar-refractivity contribution in [1.82, 2.24) is 10.6 Å². The van der Waals surface area contributed by atoms with Gasteiger partial charge in [-0.2, -0.15) is 0 Å². The second-order valence-corrected chi connectivity index (χ2v) is 5.15. The Morgan fingerprint density at radius 3 is 2.39 bits per heavy atom. The van der Waals surface area contributed by atoms with E-state index >= 15 is 0 Å². The third-order valence-electron chi connectivity index (χ3n) is 3.72. The van der Waals surface area contributed by atoms with E-state index in [1.54, 1.807) is 0 Å².